The second-order valence-corrected chi connectivity index (χ2v) is 7.61. The molecule has 0 radical (unpaired) electrons. The molecule has 32 heavy (non-hydrogen) atoms. The Morgan fingerprint density at radius 3 is 2.47 bits per heavy atom. The van der Waals surface area contributed by atoms with E-state index in [9.17, 15) is 14.7 Å². The van der Waals surface area contributed by atoms with E-state index < -0.39 is 17.7 Å². The summed E-state index contributed by atoms with van der Waals surface area (Å²) in [6, 6.07) is 16.9. The number of anilines is 1. The lowest BCUT2D eigenvalue weighted by Crippen LogP contribution is -2.30. The van der Waals surface area contributed by atoms with Gasteiger partial charge >= 0.3 is 0 Å². The van der Waals surface area contributed by atoms with E-state index in [0.29, 0.717) is 29.2 Å². The van der Waals surface area contributed by atoms with E-state index in [-0.39, 0.29) is 11.3 Å². The summed E-state index contributed by atoms with van der Waals surface area (Å²) >= 11 is 0. The molecule has 2 heterocycles. The Kier molecular flexibility index (Phi) is 6.03. The highest BCUT2D eigenvalue weighted by Gasteiger charge is 2.47. The summed E-state index contributed by atoms with van der Waals surface area (Å²) in [7, 11) is 0. The van der Waals surface area contributed by atoms with Crippen molar-refractivity contribution < 1.29 is 19.4 Å². The summed E-state index contributed by atoms with van der Waals surface area (Å²) in [5.41, 5.74) is 2.57. The largest absolute Gasteiger partial charge is 0.507 e. The highest BCUT2D eigenvalue weighted by molar-refractivity contribution is 6.51. The van der Waals surface area contributed by atoms with Crippen LogP contribution in [0.1, 0.15) is 36.1 Å². The van der Waals surface area contributed by atoms with Crippen molar-refractivity contribution in [1.29, 1.82) is 0 Å². The van der Waals surface area contributed by atoms with Crippen LogP contribution in [-0.4, -0.2) is 28.4 Å². The zero-order valence-corrected chi connectivity index (χ0v) is 18.0. The molecule has 6 nitrogen and oxygen atoms in total. The number of hydrogen-bond acceptors (Lipinski definition) is 5. The zero-order chi connectivity index (χ0) is 22.7. The summed E-state index contributed by atoms with van der Waals surface area (Å²) < 4.78 is 5.60. The van der Waals surface area contributed by atoms with Crippen molar-refractivity contribution in [3.05, 3.63) is 95.3 Å². The molecule has 0 saturated carbocycles. The van der Waals surface area contributed by atoms with Crippen molar-refractivity contribution in [3.8, 4) is 5.75 Å². The van der Waals surface area contributed by atoms with Gasteiger partial charge in [0.2, 0.25) is 0 Å². The number of pyridine rings is 1. The first-order valence-corrected chi connectivity index (χ1v) is 10.5. The Hall–Kier alpha value is -3.93. The highest BCUT2D eigenvalue weighted by atomic mass is 16.5. The van der Waals surface area contributed by atoms with E-state index in [2.05, 4.69) is 4.98 Å². The van der Waals surface area contributed by atoms with Crippen molar-refractivity contribution in [2.24, 2.45) is 0 Å². The number of aromatic nitrogens is 1. The van der Waals surface area contributed by atoms with Crippen LogP contribution in [0.15, 0.2) is 78.6 Å². The molecule has 1 saturated heterocycles. The SMILES string of the molecule is CCCOc1ccc(/C(O)=C2\C(=O)C(=O)N(c3ccccc3C)C2c2cccnc2)cc1. The first-order chi connectivity index (χ1) is 15.5. The number of ether oxygens (including phenoxy) is 1. The molecule has 162 valence electrons. The van der Waals surface area contributed by atoms with Crippen LogP contribution in [0.4, 0.5) is 5.69 Å². The minimum atomic E-state index is -0.791. The second-order valence-electron chi connectivity index (χ2n) is 7.61. The van der Waals surface area contributed by atoms with Crippen molar-refractivity contribution in [1.82, 2.24) is 4.98 Å². The predicted octanol–water partition coefficient (Wildman–Crippen LogP) is 4.81. The van der Waals surface area contributed by atoms with Gasteiger partial charge < -0.3 is 9.84 Å². The van der Waals surface area contributed by atoms with Crippen molar-refractivity contribution in [3.63, 3.8) is 0 Å². The summed E-state index contributed by atoms with van der Waals surface area (Å²) in [6.07, 6.45) is 4.12. The Morgan fingerprint density at radius 1 is 1.06 bits per heavy atom. The molecule has 6 heteroatoms. The van der Waals surface area contributed by atoms with Crippen LogP contribution >= 0.6 is 0 Å². The highest BCUT2D eigenvalue weighted by Crippen LogP contribution is 2.42. The van der Waals surface area contributed by atoms with Crippen LogP contribution in [0, 0.1) is 6.92 Å². The molecule has 1 atom stereocenters. The van der Waals surface area contributed by atoms with Gasteiger partial charge in [0, 0.05) is 23.6 Å². The molecule has 1 aromatic heterocycles. The molecule has 2 aromatic carbocycles. The third-order valence-corrected chi connectivity index (χ3v) is 5.42. The molecule has 0 aliphatic carbocycles. The zero-order valence-electron chi connectivity index (χ0n) is 18.0. The number of aryl methyl sites for hydroxylation is 1. The number of ketones is 1. The summed E-state index contributed by atoms with van der Waals surface area (Å²) in [5, 5.41) is 11.2. The number of carbonyl (C=O) groups excluding carboxylic acids is 2. The van der Waals surface area contributed by atoms with E-state index in [4.69, 9.17) is 4.74 Å². The molecule has 1 aliphatic rings. The molecule has 1 fully saturated rings. The fourth-order valence-corrected chi connectivity index (χ4v) is 3.85. The molecular weight excluding hydrogens is 404 g/mol. The van der Waals surface area contributed by atoms with E-state index in [0.717, 1.165) is 12.0 Å². The molecule has 4 rings (SSSR count). The third-order valence-electron chi connectivity index (χ3n) is 5.42. The first-order valence-electron chi connectivity index (χ1n) is 10.5. The molecule has 1 aliphatic heterocycles. The maximum Gasteiger partial charge on any atom is 0.300 e. The van der Waals surface area contributed by atoms with Crippen LogP contribution in [0.25, 0.3) is 5.76 Å². The number of amides is 1. The van der Waals surface area contributed by atoms with Gasteiger partial charge in [-0.25, -0.2) is 0 Å². The quantitative estimate of drug-likeness (QED) is 0.346. The molecular formula is C26H24N2O4. The van der Waals surface area contributed by atoms with Gasteiger partial charge in [0.15, 0.2) is 0 Å². The third kappa shape index (κ3) is 3.87. The summed E-state index contributed by atoms with van der Waals surface area (Å²) in [4.78, 5) is 31.9. The number of nitrogens with zero attached hydrogens (tertiary/aromatic N) is 2. The van der Waals surface area contributed by atoms with Crippen molar-refractivity contribution >= 4 is 23.1 Å². The first kappa shape index (κ1) is 21.3. The number of aliphatic hydroxyl groups excluding tert-OH is 1. The fraction of sp³-hybridized carbons (Fsp3) is 0.192. The van der Waals surface area contributed by atoms with Gasteiger partial charge in [-0.1, -0.05) is 31.2 Å². The Balaban J connectivity index is 1.85. The number of carbonyl (C=O) groups is 2. The maximum atomic E-state index is 13.2. The fourth-order valence-electron chi connectivity index (χ4n) is 3.85. The van der Waals surface area contributed by atoms with Gasteiger partial charge in [-0.15, -0.1) is 0 Å². The molecule has 1 amide bonds. The maximum absolute atomic E-state index is 13.2. The number of benzene rings is 2. The number of aliphatic hydroxyl groups is 1. The lowest BCUT2D eigenvalue weighted by molar-refractivity contribution is -0.132. The Labute approximate surface area is 186 Å². The molecule has 1 N–H and O–H groups in total. The number of rotatable bonds is 6. The van der Waals surface area contributed by atoms with Gasteiger partial charge in [0.1, 0.15) is 11.5 Å². The second kappa shape index (κ2) is 9.06. The van der Waals surface area contributed by atoms with E-state index in [1.165, 1.54) is 4.90 Å². The molecule has 0 bridgehead atoms. The summed E-state index contributed by atoms with van der Waals surface area (Å²) in [6.45, 7) is 4.49. The van der Waals surface area contributed by atoms with Gasteiger partial charge in [-0.3, -0.25) is 19.5 Å². The topological polar surface area (TPSA) is 79.7 Å². The normalized spacial score (nSPS) is 17.6. The number of para-hydroxylation sites is 1. The van der Waals surface area contributed by atoms with Gasteiger partial charge in [-0.2, -0.15) is 0 Å². The average Bonchev–Trinajstić information content (AvgIpc) is 3.09. The van der Waals surface area contributed by atoms with Crippen molar-refractivity contribution in [2.75, 3.05) is 11.5 Å². The average molecular weight is 428 g/mol. The lowest BCUT2D eigenvalue weighted by Gasteiger charge is -2.26. The molecule has 0 spiro atoms. The van der Waals surface area contributed by atoms with Gasteiger partial charge in [-0.05, 0) is 60.9 Å². The van der Waals surface area contributed by atoms with Gasteiger partial charge in [0.05, 0.1) is 18.2 Å². The predicted molar refractivity (Wildman–Crippen MR) is 122 cm³/mol. The van der Waals surface area contributed by atoms with E-state index >= 15 is 0 Å². The lowest BCUT2D eigenvalue weighted by atomic mass is 9.96. The Bertz CT molecular complexity index is 1170. The Morgan fingerprint density at radius 2 is 1.81 bits per heavy atom. The minimum Gasteiger partial charge on any atom is -0.507 e. The number of Topliss-reactive ketones (excluding diaryl/α,β-unsaturated/α-hetero) is 1. The van der Waals surface area contributed by atoms with Crippen molar-refractivity contribution in [2.45, 2.75) is 26.3 Å². The van der Waals surface area contributed by atoms with Gasteiger partial charge in [0.25, 0.3) is 11.7 Å². The molecule has 1 unspecified atom stereocenters. The van der Waals surface area contributed by atoms with Crippen LogP contribution < -0.4 is 9.64 Å². The van der Waals surface area contributed by atoms with Crippen LogP contribution in [0.2, 0.25) is 0 Å². The van der Waals surface area contributed by atoms with E-state index in [1.54, 1.807) is 54.9 Å². The smallest absolute Gasteiger partial charge is 0.300 e. The van der Waals surface area contributed by atoms with E-state index in [1.807, 2.05) is 32.0 Å². The van der Waals surface area contributed by atoms with Crippen LogP contribution in [0.3, 0.4) is 0 Å². The minimum absolute atomic E-state index is 0.0356. The monoisotopic (exact) mass is 428 g/mol. The summed E-state index contributed by atoms with van der Waals surface area (Å²) in [5.74, 6) is -0.966. The van der Waals surface area contributed by atoms with Crippen LogP contribution in [0.5, 0.6) is 5.75 Å². The number of hydrogen-bond donors (Lipinski definition) is 1. The van der Waals surface area contributed by atoms with Crippen LogP contribution in [-0.2, 0) is 9.59 Å². The molecule has 3 aromatic rings. The standard InChI is InChI=1S/C26H24N2O4/c1-3-15-32-20-12-10-18(11-13-20)24(29)22-23(19-8-6-14-27-16-19)28(26(31)25(22)30)21-9-5-4-7-17(21)2/h4-14,16,23,29H,3,15H2,1-2H3/b24-22+.